The fourth-order valence-electron chi connectivity index (χ4n) is 1.63. The van der Waals surface area contributed by atoms with Crippen molar-refractivity contribution in [3.05, 3.63) is 29.8 Å². The first-order valence-corrected chi connectivity index (χ1v) is 5.93. The summed E-state index contributed by atoms with van der Waals surface area (Å²) in [4.78, 5) is 2.30. The molecule has 0 aliphatic heterocycles. The summed E-state index contributed by atoms with van der Waals surface area (Å²) in [5.74, 6) is 0. The molecule has 0 unspecified atom stereocenters. The van der Waals surface area contributed by atoms with Crippen molar-refractivity contribution in [2.75, 3.05) is 31.2 Å². The number of anilines is 1. The summed E-state index contributed by atoms with van der Waals surface area (Å²) in [6.07, 6.45) is 0. The van der Waals surface area contributed by atoms with Gasteiger partial charge in [-0.2, -0.15) is 0 Å². The first kappa shape index (κ1) is 13.0. The summed E-state index contributed by atoms with van der Waals surface area (Å²) in [5.41, 5.74) is 7.98. The van der Waals surface area contributed by atoms with Crippen molar-refractivity contribution in [3.8, 4) is 0 Å². The summed E-state index contributed by atoms with van der Waals surface area (Å²) in [6, 6.07) is 8.41. The molecule has 1 rings (SSSR count). The molecule has 16 heavy (non-hydrogen) atoms. The molecule has 3 heteroatoms. The van der Waals surface area contributed by atoms with Crippen LogP contribution in [0, 0.1) is 0 Å². The number of nitrogens with zero attached hydrogens (tertiary/aromatic N) is 1. The highest BCUT2D eigenvalue weighted by Crippen LogP contribution is 2.14. The second-order valence-corrected chi connectivity index (χ2v) is 3.65. The predicted octanol–water partition coefficient (Wildman–Crippen LogP) is 2.01. The zero-order chi connectivity index (χ0) is 11.8. The first-order valence-electron chi connectivity index (χ1n) is 5.93. The van der Waals surface area contributed by atoms with Gasteiger partial charge in [-0.3, -0.25) is 0 Å². The van der Waals surface area contributed by atoms with E-state index >= 15 is 0 Å². The van der Waals surface area contributed by atoms with Crippen LogP contribution in [0.3, 0.4) is 0 Å². The molecule has 0 aliphatic carbocycles. The van der Waals surface area contributed by atoms with Crippen LogP contribution in [0.2, 0.25) is 0 Å². The Bertz CT molecular complexity index is 284. The van der Waals surface area contributed by atoms with Crippen LogP contribution in [0.1, 0.15) is 19.4 Å². The van der Waals surface area contributed by atoms with Gasteiger partial charge in [0.25, 0.3) is 0 Å². The van der Waals surface area contributed by atoms with Crippen molar-refractivity contribution >= 4 is 5.69 Å². The first-order chi connectivity index (χ1) is 7.81. The molecule has 3 nitrogen and oxygen atoms in total. The highest BCUT2D eigenvalue weighted by Gasteiger charge is 2.03. The fourth-order valence-corrected chi connectivity index (χ4v) is 1.63. The molecule has 90 valence electrons. The van der Waals surface area contributed by atoms with Crippen molar-refractivity contribution < 1.29 is 4.74 Å². The Morgan fingerprint density at radius 1 is 1.19 bits per heavy atom. The van der Waals surface area contributed by atoms with Gasteiger partial charge >= 0.3 is 0 Å². The topological polar surface area (TPSA) is 38.5 Å². The summed E-state index contributed by atoms with van der Waals surface area (Å²) in [5, 5.41) is 0. The van der Waals surface area contributed by atoms with Crippen molar-refractivity contribution in [1.29, 1.82) is 0 Å². The van der Waals surface area contributed by atoms with Crippen molar-refractivity contribution in [3.63, 3.8) is 0 Å². The van der Waals surface area contributed by atoms with E-state index in [2.05, 4.69) is 36.1 Å². The smallest absolute Gasteiger partial charge is 0.0641 e. The monoisotopic (exact) mass is 222 g/mol. The minimum Gasteiger partial charge on any atom is -0.380 e. The minimum absolute atomic E-state index is 0.603. The fraction of sp³-hybridized carbons (Fsp3) is 0.538. The predicted molar refractivity (Wildman–Crippen MR) is 68.7 cm³/mol. The van der Waals surface area contributed by atoms with Gasteiger partial charge in [0.2, 0.25) is 0 Å². The summed E-state index contributed by atoms with van der Waals surface area (Å²) in [7, 11) is 0. The maximum Gasteiger partial charge on any atom is 0.0641 e. The summed E-state index contributed by atoms with van der Waals surface area (Å²) in [6.45, 7) is 8.27. The molecule has 0 radical (unpaired) electrons. The molecule has 2 N–H and O–H groups in total. The van der Waals surface area contributed by atoms with Gasteiger partial charge < -0.3 is 15.4 Å². The zero-order valence-electron chi connectivity index (χ0n) is 10.3. The Kier molecular flexibility index (Phi) is 5.90. The molecule has 0 aromatic heterocycles. The molecular weight excluding hydrogens is 200 g/mol. The highest BCUT2D eigenvalue weighted by atomic mass is 16.5. The number of nitrogens with two attached hydrogens (primary N) is 1. The van der Waals surface area contributed by atoms with E-state index in [1.807, 2.05) is 6.92 Å². The second kappa shape index (κ2) is 7.25. The van der Waals surface area contributed by atoms with Crippen molar-refractivity contribution in [2.45, 2.75) is 20.4 Å². The lowest BCUT2D eigenvalue weighted by atomic mass is 10.2. The van der Waals surface area contributed by atoms with E-state index in [4.69, 9.17) is 10.5 Å². The molecule has 0 spiro atoms. The average molecular weight is 222 g/mol. The molecule has 0 aliphatic rings. The number of hydrogen-bond acceptors (Lipinski definition) is 3. The molecule has 0 saturated carbocycles. The molecule has 1 aromatic carbocycles. The van der Waals surface area contributed by atoms with Gasteiger partial charge in [0.15, 0.2) is 0 Å². The van der Waals surface area contributed by atoms with Gasteiger partial charge in [-0.15, -0.1) is 0 Å². The van der Waals surface area contributed by atoms with E-state index in [-0.39, 0.29) is 0 Å². The van der Waals surface area contributed by atoms with Crippen LogP contribution in [0.15, 0.2) is 24.3 Å². The number of rotatable bonds is 7. The Balaban J connectivity index is 2.56. The normalized spacial score (nSPS) is 10.4. The standard InChI is InChI=1S/C13H22N2O/c1-3-15(9-10-16-4-2)13-7-5-12(11-14)6-8-13/h5-8H,3-4,9-11,14H2,1-2H3. The van der Waals surface area contributed by atoms with Crippen molar-refractivity contribution in [1.82, 2.24) is 0 Å². The van der Waals surface area contributed by atoms with Crippen LogP contribution < -0.4 is 10.6 Å². The van der Waals surface area contributed by atoms with E-state index in [0.717, 1.165) is 26.3 Å². The highest BCUT2D eigenvalue weighted by molar-refractivity contribution is 5.47. The van der Waals surface area contributed by atoms with Gasteiger partial charge in [-0.05, 0) is 31.5 Å². The molecule has 0 bridgehead atoms. The SMILES string of the molecule is CCOCCN(CC)c1ccc(CN)cc1. The molecule has 0 fully saturated rings. The van der Waals surface area contributed by atoms with Crippen LogP contribution >= 0.6 is 0 Å². The maximum absolute atomic E-state index is 5.57. The average Bonchev–Trinajstić information content (AvgIpc) is 2.35. The van der Waals surface area contributed by atoms with E-state index in [1.54, 1.807) is 0 Å². The largest absolute Gasteiger partial charge is 0.380 e. The van der Waals surface area contributed by atoms with Crippen molar-refractivity contribution in [2.24, 2.45) is 5.73 Å². The third-order valence-corrected chi connectivity index (χ3v) is 2.63. The molecule has 1 aromatic rings. The molecule has 0 atom stereocenters. The maximum atomic E-state index is 5.57. The quantitative estimate of drug-likeness (QED) is 0.717. The Morgan fingerprint density at radius 3 is 2.38 bits per heavy atom. The molecule has 0 saturated heterocycles. The lowest BCUT2D eigenvalue weighted by molar-refractivity contribution is 0.154. The van der Waals surface area contributed by atoms with E-state index in [9.17, 15) is 0 Å². The molecule has 0 amide bonds. The third-order valence-electron chi connectivity index (χ3n) is 2.63. The van der Waals surface area contributed by atoms with Crippen LogP contribution in [-0.2, 0) is 11.3 Å². The van der Waals surface area contributed by atoms with Gasteiger partial charge in [0.05, 0.1) is 6.61 Å². The number of likely N-dealkylation sites (N-methyl/N-ethyl adjacent to an activating group) is 1. The third kappa shape index (κ3) is 3.83. The number of benzene rings is 1. The Hall–Kier alpha value is -1.06. The van der Waals surface area contributed by atoms with E-state index in [1.165, 1.54) is 11.3 Å². The Labute approximate surface area is 98.2 Å². The zero-order valence-corrected chi connectivity index (χ0v) is 10.3. The van der Waals surface area contributed by atoms with Gasteiger partial charge in [0, 0.05) is 31.9 Å². The minimum atomic E-state index is 0.603. The Morgan fingerprint density at radius 2 is 1.88 bits per heavy atom. The number of ether oxygens (including phenoxy) is 1. The van der Waals surface area contributed by atoms with Crippen LogP contribution in [-0.4, -0.2) is 26.3 Å². The van der Waals surface area contributed by atoms with E-state index in [0.29, 0.717) is 6.54 Å². The van der Waals surface area contributed by atoms with Crippen LogP contribution in [0.4, 0.5) is 5.69 Å². The van der Waals surface area contributed by atoms with E-state index < -0.39 is 0 Å². The molecular formula is C13H22N2O. The summed E-state index contributed by atoms with van der Waals surface area (Å²) >= 11 is 0. The second-order valence-electron chi connectivity index (χ2n) is 3.65. The summed E-state index contributed by atoms with van der Waals surface area (Å²) < 4.78 is 5.37. The molecule has 0 heterocycles. The van der Waals surface area contributed by atoms with Crippen LogP contribution in [0.5, 0.6) is 0 Å². The van der Waals surface area contributed by atoms with Crippen LogP contribution in [0.25, 0.3) is 0 Å². The van der Waals surface area contributed by atoms with Gasteiger partial charge in [-0.1, -0.05) is 12.1 Å². The van der Waals surface area contributed by atoms with Gasteiger partial charge in [-0.25, -0.2) is 0 Å². The lowest BCUT2D eigenvalue weighted by Gasteiger charge is -2.23. The number of hydrogen-bond donors (Lipinski definition) is 1. The lowest BCUT2D eigenvalue weighted by Crippen LogP contribution is -2.27. The van der Waals surface area contributed by atoms with Gasteiger partial charge in [0.1, 0.15) is 0 Å².